The molecule has 0 radical (unpaired) electrons. The SMILES string of the molecule is CS/C(I)=C/c1cccc(Br)c1. The summed E-state index contributed by atoms with van der Waals surface area (Å²) in [4.78, 5) is 0. The molecule has 0 heterocycles. The Morgan fingerprint density at radius 2 is 2.33 bits per heavy atom. The van der Waals surface area contributed by atoms with Crippen LogP contribution in [0.1, 0.15) is 5.56 Å². The van der Waals surface area contributed by atoms with Crippen molar-refractivity contribution in [2.75, 3.05) is 6.26 Å². The molecule has 0 fully saturated rings. The molecule has 0 N–H and O–H groups in total. The van der Waals surface area contributed by atoms with Gasteiger partial charge in [-0.25, -0.2) is 0 Å². The molecule has 0 nitrogen and oxygen atoms in total. The molecule has 0 saturated carbocycles. The van der Waals surface area contributed by atoms with Crippen molar-refractivity contribution in [1.82, 2.24) is 0 Å². The van der Waals surface area contributed by atoms with Gasteiger partial charge in [0.1, 0.15) is 0 Å². The minimum absolute atomic E-state index is 1.13. The Bertz CT molecular complexity index is 296. The normalized spacial score (nSPS) is 11.8. The second kappa shape index (κ2) is 5.29. The van der Waals surface area contributed by atoms with Crippen LogP contribution in [0.5, 0.6) is 0 Å². The topological polar surface area (TPSA) is 0 Å². The number of rotatable bonds is 2. The molecule has 0 bridgehead atoms. The van der Waals surface area contributed by atoms with Crippen LogP contribution < -0.4 is 0 Å². The molecule has 0 aromatic heterocycles. The maximum atomic E-state index is 3.44. The summed E-state index contributed by atoms with van der Waals surface area (Å²) in [6.45, 7) is 0. The first-order valence-corrected chi connectivity index (χ1v) is 6.49. The lowest BCUT2D eigenvalue weighted by atomic mass is 10.2. The largest absolute Gasteiger partial charge is 0.123 e. The summed E-state index contributed by atoms with van der Waals surface area (Å²) >= 11 is 7.52. The minimum atomic E-state index is 1.13. The van der Waals surface area contributed by atoms with Gasteiger partial charge in [-0.2, -0.15) is 0 Å². The van der Waals surface area contributed by atoms with Gasteiger partial charge in [0.2, 0.25) is 0 Å². The Kier molecular flexibility index (Phi) is 4.68. The van der Waals surface area contributed by atoms with Gasteiger partial charge in [0.15, 0.2) is 0 Å². The van der Waals surface area contributed by atoms with Gasteiger partial charge >= 0.3 is 0 Å². The Balaban J connectivity index is 2.89. The van der Waals surface area contributed by atoms with Crippen LogP contribution in [0.2, 0.25) is 0 Å². The van der Waals surface area contributed by atoms with Crippen LogP contribution in [-0.2, 0) is 0 Å². The van der Waals surface area contributed by atoms with E-state index < -0.39 is 0 Å². The Morgan fingerprint density at radius 3 is 2.92 bits per heavy atom. The molecule has 0 aliphatic heterocycles. The van der Waals surface area contributed by atoms with E-state index in [1.807, 2.05) is 12.1 Å². The van der Waals surface area contributed by atoms with Gasteiger partial charge in [-0.05, 0) is 52.6 Å². The van der Waals surface area contributed by atoms with E-state index in [1.165, 1.54) is 8.48 Å². The molecule has 1 rings (SSSR count). The summed E-state index contributed by atoms with van der Waals surface area (Å²) in [7, 11) is 0. The lowest BCUT2D eigenvalue weighted by molar-refractivity contribution is 1.61. The minimum Gasteiger partial charge on any atom is -0.123 e. The monoisotopic (exact) mass is 354 g/mol. The van der Waals surface area contributed by atoms with E-state index in [9.17, 15) is 0 Å². The Hall–Kier alpha value is 0.520. The molecule has 0 atom stereocenters. The fourth-order valence-corrected chi connectivity index (χ4v) is 1.82. The summed E-state index contributed by atoms with van der Waals surface area (Å²) in [5.74, 6) is 0. The maximum Gasteiger partial charge on any atom is 0.0460 e. The third kappa shape index (κ3) is 3.49. The van der Waals surface area contributed by atoms with Gasteiger partial charge in [0, 0.05) is 7.38 Å². The molecule has 0 amide bonds. The van der Waals surface area contributed by atoms with Crippen molar-refractivity contribution in [3.63, 3.8) is 0 Å². The van der Waals surface area contributed by atoms with Crippen LogP contribution in [0, 0.1) is 0 Å². The fraction of sp³-hybridized carbons (Fsp3) is 0.111. The van der Waals surface area contributed by atoms with Crippen LogP contribution in [-0.4, -0.2) is 6.26 Å². The van der Waals surface area contributed by atoms with Crippen molar-refractivity contribution in [3.8, 4) is 0 Å². The van der Waals surface area contributed by atoms with Gasteiger partial charge in [-0.1, -0.05) is 28.1 Å². The van der Waals surface area contributed by atoms with Crippen LogP contribution in [0.3, 0.4) is 0 Å². The second-order valence-corrected chi connectivity index (χ2v) is 5.87. The first-order valence-electron chi connectivity index (χ1n) is 3.39. The molecular formula is C9H8BrIS. The van der Waals surface area contributed by atoms with Gasteiger partial charge < -0.3 is 0 Å². The van der Waals surface area contributed by atoms with E-state index in [-0.39, 0.29) is 0 Å². The number of halogens is 2. The average Bonchev–Trinajstić information content (AvgIpc) is 2.04. The molecule has 1 aromatic rings. The smallest absolute Gasteiger partial charge is 0.0460 e. The van der Waals surface area contributed by atoms with E-state index in [0.29, 0.717) is 0 Å². The standard InChI is InChI=1S/C9H8BrIS/c1-12-9(11)6-7-3-2-4-8(10)5-7/h2-6H,1H3/b9-6+. The average molecular weight is 355 g/mol. The zero-order valence-corrected chi connectivity index (χ0v) is 11.1. The van der Waals surface area contributed by atoms with Gasteiger partial charge in [-0.15, -0.1) is 11.8 Å². The predicted molar refractivity (Wildman–Crippen MR) is 69.7 cm³/mol. The number of hydrogen-bond acceptors (Lipinski definition) is 1. The Morgan fingerprint density at radius 1 is 1.58 bits per heavy atom. The van der Waals surface area contributed by atoms with Gasteiger partial charge in [0.25, 0.3) is 0 Å². The molecular weight excluding hydrogens is 347 g/mol. The van der Waals surface area contributed by atoms with Crippen molar-refractivity contribution in [3.05, 3.63) is 37.2 Å². The number of thioether (sulfide) groups is 1. The summed E-state index contributed by atoms with van der Waals surface area (Å²) < 4.78 is 2.42. The summed E-state index contributed by atoms with van der Waals surface area (Å²) in [6.07, 6.45) is 4.24. The highest BCUT2D eigenvalue weighted by molar-refractivity contribution is 14.1. The lowest BCUT2D eigenvalue weighted by Crippen LogP contribution is -1.71. The van der Waals surface area contributed by atoms with Crippen LogP contribution in [0.4, 0.5) is 0 Å². The third-order valence-electron chi connectivity index (χ3n) is 1.32. The van der Waals surface area contributed by atoms with Gasteiger partial charge in [0.05, 0.1) is 0 Å². The van der Waals surface area contributed by atoms with Crippen molar-refractivity contribution in [1.29, 1.82) is 0 Å². The molecule has 3 heteroatoms. The van der Waals surface area contributed by atoms with Crippen molar-refractivity contribution in [2.24, 2.45) is 0 Å². The first kappa shape index (κ1) is 10.6. The van der Waals surface area contributed by atoms with Crippen molar-refractivity contribution >= 4 is 56.4 Å². The van der Waals surface area contributed by atoms with Crippen molar-refractivity contribution < 1.29 is 0 Å². The zero-order valence-electron chi connectivity index (χ0n) is 6.55. The molecule has 64 valence electrons. The number of hydrogen-bond donors (Lipinski definition) is 0. The summed E-state index contributed by atoms with van der Waals surface area (Å²) in [5, 5.41) is 0. The predicted octanol–water partition coefficient (Wildman–Crippen LogP) is 4.55. The molecule has 0 aliphatic rings. The van der Waals surface area contributed by atoms with E-state index in [4.69, 9.17) is 0 Å². The molecule has 0 saturated heterocycles. The highest BCUT2D eigenvalue weighted by Gasteiger charge is 1.91. The third-order valence-corrected chi connectivity index (χ3v) is 3.96. The van der Waals surface area contributed by atoms with Crippen LogP contribution in [0.25, 0.3) is 6.08 Å². The fourth-order valence-electron chi connectivity index (χ4n) is 0.786. The Labute approximate surface area is 99.1 Å². The maximum absolute atomic E-state index is 3.44. The lowest BCUT2D eigenvalue weighted by Gasteiger charge is -1.95. The molecule has 0 aliphatic carbocycles. The summed E-state index contributed by atoms with van der Waals surface area (Å²) in [6, 6.07) is 8.28. The first-order chi connectivity index (χ1) is 5.72. The molecule has 0 spiro atoms. The number of benzene rings is 1. The quantitative estimate of drug-likeness (QED) is 0.702. The van der Waals surface area contributed by atoms with E-state index >= 15 is 0 Å². The molecule has 12 heavy (non-hydrogen) atoms. The van der Waals surface area contributed by atoms with Crippen LogP contribution >= 0.6 is 50.3 Å². The van der Waals surface area contributed by atoms with E-state index in [2.05, 4.69) is 63.0 Å². The summed E-state index contributed by atoms with van der Waals surface area (Å²) in [5.41, 5.74) is 1.24. The van der Waals surface area contributed by atoms with Crippen molar-refractivity contribution in [2.45, 2.75) is 0 Å². The highest BCUT2D eigenvalue weighted by Crippen LogP contribution is 2.23. The van der Waals surface area contributed by atoms with E-state index in [0.717, 1.165) is 4.47 Å². The highest BCUT2D eigenvalue weighted by atomic mass is 127. The van der Waals surface area contributed by atoms with E-state index in [1.54, 1.807) is 11.8 Å². The van der Waals surface area contributed by atoms with Gasteiger partial charge in [-0.3, -0.25) is 0 Å². The zero-order chi connectivity index (χ0) is 8.97. The second-order valence-electron chi connectivity index (χ2n) is 2.21. The molecule has 1 aromatic carbocycles. The van der Waals surface area contributed by atoms with Crippen LogP contribution in [0.15, 0.2) is 31.7 Å². The molecule has 0 unspecified atom stereocenters.